The van der Waals surface area contributed by atoms with Crippen molar-refractivity contribution in [3.63, 3.8) is 0 Å². The minimum absolute atomic E-state index is 1.14. The molecule has 0 aliphatic rings. The highest BCUT2D eigenvalue weighted by Gasteiger charge is 2.31. The minimum Gasteiger partial charge on any atom is -0.403 e. The van der Waals surface area contributed by atoms with Crippen molar-refractivity contribution in [2.75, 3.05) is 6.54 Å². The van der Waals surface area contributed by atoms with Gasteiger partial charge in [0.1, 0.15) is 0 Å². The van der Waals surface area contributed by atoms with Gasteiger partial charge in [-0.1, -0.05) is 33.8 Å². The van der Waals surface area contributed by atoms with Crippen molar-refractivity contribution in [3.05, 3.63) is 12.3 Å². The first-order valence-corrected chi connectivity index (χ1v) is 8.70. The van der Waals surface area contributed by atoms with Crippen LogP contribution in [0.4, 0.5) is 0 Å². The van der Waals surface area contributed by atoms with Crippen LogP contribution in [0.5, 0.6) is 0 Å². The molecule has 0 saturated heterocycles. The molecule has 0 N–H and O–H groups in total. The summed E-state index contributed by atoms with van der Waals surface area (Å²) >= 11 is 0. The van der Waals surface area contributed by atoms with Gasteiger partial charge in [-0.25, -0.2) is 0 Å². The van der Waals surface area contributed by atoms with E-state index < -0.39 is 8.24 Å². The second kappa shape index (κ2) is 7.10. The Hall–Kier alpha value is -0.243. The number of hydrogen-bond acceptors (Lipinski definition) is 1. The van der Waals surface area contributed by atoms with E-state index >= 15 is 0 Å². The SMILES string of the molecule is CC/C=C/N(CC)[Si](CC)(CC)CC. The molecular weight excluding hydrogens is 186 g/mol. The standard InChI is InChI=1S/C12H27NSi/c1-6-11-12-13(7-2)14(8-3,9-4)10-5/h11-12H,6-10H2,1-5H3/b12-11+. The zero-order chi connectivity index (χ0) is 11.0. The fraction of sp³-hybridized carbons (Fsp3) is 0.833. The van der Waals surface area contributed by atoms with Gasteiger partial charge in [-0.2, -0.15) is 0 Å². The highest BCUT2D eigenvalue weighted by Crippen LogP contribution is 2.25. The molecular formula is C12H27NSi. The van der Waals surface area contributed by atoms with Crippen LogP contribution >= 0.6 is 0 Å². The molecule has 0 unspecified atom stereocenters. The molecule has 0 rings (SSSR count). The molecule has 0 aliphatic heterocycles. The minimum atomic E-state index is -1.14. The lowest BCUT2D eigenvalue weighted by Gasteiger charge is -2.39. The molecule has 0 atom stereocenters. The molecule has 0 bridgehead atoms. The smallest absolute Gasteiger partial charge is 0.155 e. The van der Waals surface area contributed by atoms with Crippen LogP contribution in [0.15, 0.2) is 12.3 Å². The third-order valence-corrected chi connectivity index (χ3v) is 9.08. The van der Waals surface area contributed by atoms with Gasteiger partial charge in [0.2, 0.25) is 0 Å². The molecule has 0 radical (unpaired) electrons. The average molecular weight is 213 g/mol. The number of nitrogens with zero attached hydrogens (tertiary/aromatic N) is 1. The summed E-state index contributed by atoms with van der Waals surface area (Å²) in [7, 11) is -1.14. The van der Waals surface area contributed by atoms with E-state index in [0.29, 0.717) is 0 Å². The van der Waals surface area contributed by atoms with E-state index in [-0.39, 0.29) is 0 Å². The summed E-state index contributed by atoms with van der Waals surface area (Å²) in [5.41, 5.74) is 0. The zero-order valence-corrected chi connectivity index (χ0v) is 11.6. The summed E-state index contributed by atoms with van der Waals surface area (Å²) in [4.78, 5) is 0. The quantitative estimate of drug-likeness (QED) is 0.572. The number of allylic oxidation sites excluding steroid dienone is 1. The second-order valence-electron chi connectivity index (χ2n) is 3.86. The molecule has 14 heavy (non-hydrogen) atoms. The molecule has 0 aromatic carbocycles. The second-order valence-corrected chi connectivity index (χ2v) is 9.01. The van der Waals surface area contributed by atoms with Crippen LogP contribution < -0.4 is 0 Å². The first kappa shape index (κ1) is 13.8. The summed E-state index contributed by atoms with van der Waals surface area (Å²) in [6.45, 7) is 12.8. The maximum absolute atomic E-state index is 2.65. The van der Waals surface area contributed by atoms with Crippen molar-refractivity contribution in [2.45, 2.75) is 59.2 Å². The van der Waals surface area contributed by atoms with Gasteiger partial charge in [0.05, 0.1) is 0 Å². The lowest BCUT2D eigenvalue weighted by atomic mass is 10.5. The molecule has 0 amide bonds. The van der Waals surface area contributed by atoms with Crippen LogP contribution in [0.3, 0.4) is 0 Å². The van der Waals surface area contributed by atoms with Gasteiger partial charge >= 0.3 is 0 Å². The van der Waals surface area contributed by atoms with Crippen molar-refractivity contribution >= 4 is 8.24 Å². The van der Waals surface area contributed by atoms with Crippen molar-refractivity contribution in [1.29, 1.82) is 0 Å². The summed E-state index contributed by atoms with van der Waals surface area (Å²) in [5, 5.41) is 0. The Morgan fingerprint density at radius 1 is 0.929 bits per heavy atom. The van der Waals surface area contributed by atoms with Crippen LogP contribution in [0, 0.1) is 0 Å². The summed E-state index contributed by atoms with van der Waals surface area (Å²) in [6, 6.07) is 4.13. The monoisotopic (exact) mass is 213 g/mol. The van der Waals surface area contributed by atoms with Gasteiger partial charge in [-0.15, -0.1) is 0 Å². The van der Waals surface area contributed by atoms with Gasteiger partial charge in [0, 0.05) is 6.54 Å². The van der Waals surface area contributed by atoms with E-state index in [1.54, 1.807) is 0 Å². The van der Waals surface area contributed by atoms with Crippen LogP contribution in [-0.2, 0) is 0 Å². The Balaban J connectivity index is 4.65. The predicted molar refractivity (Wildman–Crippen MR) is 69.0 cm³/mol. The third-order valence-electron chi connectivity index (χ3n) is 3.45. The largest absolute Gasteiger partial charge is 0.403 e. The van der Waals surface area contributed by atoms with Gasteiger partial charge in [0.15, 0.2) is 8.24 Å². The van der Waals surface area contributed by atoms with Gasteiger partial charge in [-0.3, -0.25) is 0 Å². The average Bonchev–Trinajstić information content (AvgIpc) is 2.25. The van der Waals surface area contributed by atoms with Gasteiger partial charge < -0.3 is 4.57 Å². The summed E-state index contributed by atoms with van der Waals surface area (Å²) in [5.74, 6) is 0. The number of rotatable bonds is 7. The molecule has 0 spiro atoms. The lowest BCUT2D eigenvalue weighted by Crippen LogP contribution is -2.49. The molecule has 0 aromatic heterocycles. The topological polar surface area (TPSA) is 3.24 Å². The Morgan fingerprint density at radius 3 is 1.71 bits per heavy atom. The Labute approximate surface area is 91.3 Å². The predicted octanol–water partition coefficient (Wildman–Crippen LogP) is 4.24. The summed E-state index contributed by atoms with van der Waals surface area (Å²) < 4.78 is 2.65. The molecule has 0 heterocycles. The van der Waals surface area contributed by atoms with E-state index in [2.05, 4.69) is 51.5 Å². The Morgan fingerprint density at radius 2 is 1.43 bits per heavy atom. The summed E-state index contributed by atoms with van der Waals surface area (Å²) in [6.07, 6.45) is 5.80. The Kier molecular flexibility index (Phi) is 6.98. The van der Waals surface area contributed by atoms with E-state index in [0.717, 1.165) is 6.42 Å². The van der Waals surface area contributed by atoms with Crippen molar-refractivity contribution in [1.82, 2.24) is 4.57 Å². The molecule has 0 fully saturated rings. The normalized spacial score (nSPS) is 12.4. The first-order valence-electron chi connectivity index (χ1n) is 6.14. The van der Waals surface area contributed by atoms with Crippen LogP contribution in [0.1, 0.15) is 41.0 Å². The van der Waals surface area contributed by atoms with Crippen LogP contribution in [0.25, 0.3) is 0 Å². The van der Waals surface area contributed by atoms with Gasteiger partial charge in [-0.05, 0) is 37.7 Å². The van der Waals surface area contributed by atoms with Crippen molar-refractivity contribution in [2.24, 2.45) is 0 Å². The van der Waals surface area contributed by atoms with Crippen LogP contribution in [0.2, 0.25) is 18.1 Å². The highest BCUT2D eigenvalue weighted by atomic mass is 28.3. The van der Waals surface area contributed by atoms with E-state index in [1.165, 1.54) is 24.7 Å². The Bertz CT molecular complexity index is 153. The lowest BCUT2D eigenvalue weighted by molar-refractivity contribution is 0.571. The zero-order valence-electron chi connectivity index (χ0n) is 10.6. The first-order chi connectivity index (χ1) is 6.70. The van der Waals surface area contributed by atoms with Crippen molar-refractivity contribution < 1.29 is 0 Å². The number of hydrogen-bond donors (Lipinski definition) is 0. The van der Waals surface area contributed by atoms with Crippen molar-refractivity contribution in [3.8, 4) is 0 Å². The van der Waals surface area contributed by atoms with Gasteiger partial charge in [0.25, 0.3) is 0 Å². The molecule has 0 saturated carbocycles. The molecule has 0 aliphatic carbocycles. The fourth-order valence-corrected chi connectivity index (χ4v) is 6.00. The molecule has 1 nitrogen and oxygen atoms in total. The highest BCUT2D eigenvalue weighted by molar-refractivity contribution is 6.77. The molecule has 0 aromatic rings. The maximum atomic E-state index is 2.65. The maximum Gasteiger partial charge on any atom is 0.155 e. The van der Waals surface area contributed by atoms with E-state index in [4.69, 9.17) is 0 Å². The van der Waals surface area contributed by atoms with Crippen LogP contribution in [-0.4, -0.2) is 19.3 Å². The molecule has 84 valence electrons. The van der Waals surface area contributed by atoms with E-state index in [1.807, 2.05) is 0 Å². The third kappa shape index (κ3) is 3.16. The van der Waals surface area contributed by atoms with E-state index in [9.17, 15) is 0 Å². The fourth-order valence-electron chi connectivity index (χ4n) is 2.19. The molecule has 2 heteroatoms.